The van der Waals surface area contributed by atoms with Crippen molar-refractivity contribution in [1.82, 2.24) is 14.5 Å². The van der Waals surface area contributed by atoms with Gasteiger partial charge in [-0.3, -0.25) is 0 Å². The second-order valence-electron chi connectivity index (χ2n) is 5.92. The van der Waals surface area contributed by atoms with Gasteiger partial charge in [-0.1, -0.05) is 0 Å². The van der Waals surface area contributed by atoms with Crippen molar-refractivity contribution < 1.29 is 22.0 Å². The molecule has 24 heavy (non-hydrogen) atoms. The zero-order valence-electron chi connectivity index (χ0n) is 13.6. The van der Waals surface area contributed by atoms with Gasteiger partial charge in [0.1, 0.15) is 16.5 Å². The monoisotopic (exact) mass is 361 g/mol. The van der Waals surface area contributed by atoms with Gasteiger partial charge in [-0.15, -0.1) is 0 Å². The summed E-state index contributed by atoms with van der Waals surface area (Å²) in [5.74, 6) is -1.81. The SMILES string of the molecule is CC(C)NC(=O)N1CCCN(S(=O)(=O)c2cc(F)ccc2F)CC1. The molecule has 0 atom stereocenters. The van der Waals surface area contributed by atoms with Crippen molar-refractivity contribution in [1.29, 1.82) is 0 Å². The van der Waals surface area contributed by atoms with Gasteiger partial charge in [-0.25, -0.2) is 22.0 Å². The topological polar surface area (TPSA) is 69.7 Å². The highest BCUT2D eigenvalue weighted by Crippen LogP contribution is 2.21. The molecule has 134 valence electrons. The zero-order valence-corrected chi connectivity index (χ0v) is 14.4. The number of hydrogen-bond donors (Lipinski definition) is 1. The van der Waals surface area contributed by atoms with E-state index in [4.69, 9.17) is 0 Å². The van der Waals surface area contributed by atoms with Gasteiger partial charge in [-0.2, -0.15) is 4.31 Å². The molecule has 0 bridgehead atoms. The number of hydrogen-bond acceptors (Lipinski definition) is 3. The number of amides is 2. The molecule has 9 heteroatoms. The number of nitrogens with one attached hydrogen (secondary N) is 1. The van der Waals surface area contributed by atoms with E-state index in [0.717, 1.165) is 16.4 Å². The molecule has 6 nitrogen and oxygen atoms in total. The molecule has 0 aromatic heterocycles. The molecule has 0 radical (unpaired) electrons. The molecule has 0 aliphatic carbocycles. The van der Waals surface area contributed by atoms with E-state index < -0.39 is 26.6 Å². The lowest BCUT2D eigenvalue weighted by molar-refractivity contribution is 0.198. The largest absolute Gasteiger partial charge is 0.336 e. The summed E-state index contributed by atoms with van der Waals surface area (Å²) in [7, 11) is -4.15. The van der Waals surface area contributed by atoms with Gasteiger partial charge in [0.25, 0.3) is 0 Å². The first-order valence-corrected chi connectivity index (χ1v) is 9.16. The van der Waals surface area contributed by atoms with Crippen molar-refractivity contribution in [2.24, 2.45) is 0 Å². The average molecular weight is 361 g/mol. The number of halogens is 2. The van der Waals surface area contributed by atoms with Crippen LogP contribution >= 0.6 is 0 Å². The molecule has 0 unspecified atom stereocenters. The fraction of sp³-hybridized carbons (Fsp3) is 0.533. The van der Waals surface area contributed by atoms with Crippen molar-refractivity contribution in [2.75, 3.05) is 26.2 Å². The minimum absolute atomic E-state index is 0.0259. The fourth-order valence-corrected chi connectivity index (χ4v) is 4.04. The first kappa shape index (κ1) is 18.6. The van der Waals surface area contributed by atoms with E-state index in [2.05, 4.69) is 5.32 Å². The molecular weight excluding hydrogens is 340 g/mol. The molecule has 2 amide bonds. The quantitative estimate of drug-likeness (QED) is 0.892. The number of sulfonamides is 1. The van der Waals surface area contributed by atoms with Crippen molar-refractivity contribution in [3.8, 4) is 0 Å². The number of rotatable bonds is 3. The van der Waals surface area contributed by atoms with Crippen LogP contribution in [-0.4, -0.2) is 55.9 Å². The zero-order chi connectivity index (χ0) is 17.9. The predicted molar refractivity (Wildman–Crippen MR) is 85.0 cm³/mol. The second-order valence-corrected chi connectivity index (χ2v) is 7.83. The van der Waals surface area contributed by atoms with Crippen molar-refractivity contribution in [3.05, 3.63) is 29.8 Å². The van der Waals surface area contributed by atoms with E-state index in [1.807, 2.05) is 13.8 Å². The van der Waals surface area contributed by atoms with Crippen LogP contribution in [0.3, 0.4) is 0 Å². The van der Waals surface area contributed by atoms with Crippen LogP contribution in [0.15, 0.2) is 23.1 Å². The van der Waals surface area contributed by atoms with Crippen LogP contribution in [0.5, 0.6) is 0 Å². The first-order valence-electron chi connectivity index (χ1n) is 7.72. The smallest absolute Gasteiger partial charge is 0.317 e. The number of urea groups is 1. The Kier molecular flexibility index (Phi) is 5.76. The Labute approximate surface area is 140 Å². The number of benzene rings is 1. The molecule has 1 aromatic rings. The van der Waals surface area contributed by atoms with E-state index >= 15 is 0 Å². The molecule has 1 saturated heterocycles. The lowest BCUT2D eigenvalue weighted by Crippen LogP contribution is -2.44. The van der Waals surface area contributed by atoms with Gasteiger partial charge >= 0.3 is 6.03 Å². The first-order chi connectivity index (χ1) is 11.2. The Hall–Kier alpha value is -1.74. The van der Waals surface area contributed by atoms with Crippen LogP contribution in [0.2, 0.25) is 0 Å². The summed E-state index contributed by atoms with van der Waals surface area (Å²) in [5.41, 5.74) is 0. The lowest BCUT2D eigenvalue weighted by Gasteiger charge is -2.23. The third-order valence-corrected chi connectivity index (χ3v) is 5.58. The summed E-state index contributed by atoms with van der Waals surface area (Å²) < 4.78 is 53.4. The molecule has 1 fully saturated rings. The van der Waals surface area contributed by atoms with E-state index in [-0.39, 0.29) is 31.7 Å². The molecule has 0 saturated carbocycles. The van der Waals surface area contributed by atoms with Crippen LogP contribution in [0.25, 0.3) is 0 Å². The summed E-state index contributed by atoms with van der Waals surface area (Å²) in [6, 6.07) is 2.05. The number of carbonyl (C=O) groups excluding carboxylic acids is 1. The van der Waals surface area contributed by atoms with Gasteiger partial charge in [-0.05, 0) is 38.5 Å². The van der Waals surface area contributed by atoms with Crippen molar-refractivity contribution >= 4 is 16.1 Å². The highest BCUT2D eigenvalue weighted by molar-refractivity contribution is 7.89. The van der Waals surface area contributed by atoms with Gasteiger partial charge < -0.3 is 10.2 Å². The lowest BCUT2D eigenvalue weighted by atomic mass is 10.3. The van der Waals surface area contributed by atoms with Gasteiger partial charge in [0, 0.05) is 32.2 Å². The van der Waals surface area contributed by atoms with Gasteiger partial charge in [0.05, 0.1) is 0 Å². The third kappa shape index (κ3) is 4.21. The summed E-state index contributed by atoms with van der Waals surface area (Å²) in [6.07, 6.45) is 0.418. The highest BCUT2D eigenvalue weighted by atomic mass is 32.2. The molecule has 1 aliphatic heterocycles. The van der Waals surface area contributed by atoms with Crippen molar-refractivity contribution in [3.63, 3.8) is 0 Å². The van der Waals surface area contributed by atoms with Crippen LogP contribution in [0.4, 0.5) is 13.6 Å². The highest BCUT2D eigenvalue weighted by Gasteiger charge is 2.30. The molecule has 0 spiro atoms. The Morgan fingerprint density at radius 1 is 1.17 bits per heavy atom. The van der Waals surface area contributed by atoms with Gasteiger partial charge in [0.2, 0.25) is 10.0 Å². The van der Waals surface area contributed by atoms with Crippen molar-refractivity contribution in [2.45, 2.75) is 31.2 Å². The summed E-state index contributed by atoms with van der Waals surface area (Å²) >= 11 is 0. The number of carbonyl (C=O) groups is 1. The molecule has 1 heterocycles. The maximum absolute atomic E-state index is 13.8. The molecule has 1 aliphatic rings. The van der Waals surface area contributed by atoms with E-state index in [9.17, 15) is 22.0 Å². The standard InChI is InChI=1S/C15H21F2N3O3S/c1-11(2)18-15(21)19-6-3-7-20(9-8-19)24(22,23)14-10-12(16)4-5-13(14)17/h4-5,10-11H,3,6-9H2,1-2H3,(H,18,21). The second kappa shape index (κ2) is 7.43. The van der Waals surface area contributed by atoms with Crippen LogP contribution < -0.4 is 5.32 Å². The fourth-order valence-electron chi connectivity index (χ4n) is 2.49. The summed E-state index contributed by atoms with van der Waals surface area (Å²) in [4.78, 5) is 12.9. The predicted octanol–water partition coefficient (Wildman–Crippen LogP) is 1.78. The van der Waals surface area contributed by atoms with Crippen LogP contribution in [0, 0.1) is 11.6 Å². The van der Waals surface area contributed by atoms with E-state index in [1.165, 1.54) is 4.90 Å². The minimum Gasteiger partial charge on any atom is -0.336 e. The summed E-state index contributed by atoms with van der Waals surface area (Å²) in [5, 5.41) is 2.75. The molecule has 1 aromatic carbocycles. The molecule has 1 N–H and O–H groups in total. The van der Waals surface area contributed by atoms with Crippen LogP contribution in [-0.2, 0) is 10.0 Å². The molecular formula is C15H21F2N3O3S. The van der Waals surface area contributed by atoms with Gasteiger partial charge in [0.15, 0.2) is 0 Å². The van der Waals surface area contributed by atoms with E-state index in [1.54, 1.807) is 0 Å². The third-order valence-electron chi connectivity index (χ3n) is 3.67. The Morgan fingerprint density at radius 2 is 1.88 bits per heavy atom. The molecule has 2 rings (SSSR count). The normalized spacial score (nSPS) is 17.0. The maximum atomic E-state index is 13.8. The Balaban J connectivity index is 2.15. The summed E-state index contributed by atoms with van der Waals surface area (Å²) in [6.45, 7) is 4.43. The van der Waals surface area contributed by atoms with E-state index in [0.29, 0.717) is 19.0 Å². The Morgan fingerprint density at radius 3 is 2.54 bits per heavy atom. The van der Waals surface area contributed by atoms with Crippen LogP contribution in [0.1, 0.15) is 20.3 Å². The maximum Gasteiger partial charge on any atom is 0.317 e. The average Bonchev–Trinajstić information content (AvgIpc) is 2.75. The number of nitrogens with zero attached hydrogens (tertiary/aromatic N) is 2. The Bertz CT molecular complexity index is 710. The minimum atomic E-state index is -4.15.